The standard InChI is InChI=1S/C50H30S2.C42H24OS/c1-2-14-40-39(13-1)47(33-27-23-31(24-28-33)35-17-9-19-43-37-11-5-7-21-45(37)51-49(35)43)41-15-3-4-16-42(41)48(40)34-29-25-32(26-30-34)36-18-10-20-44-38-12-6-8-22-46(38)52-50(36)44;1-2-11-26-23-38-36(22-25(26)10-1)28-21-20-27(24-37(28)43-38)40-30-13-3-5-15-32(30)41(33-16-6-4-14-31(33)40)35-18-9-17-34-29-12-7-8-19-39(29)44-42(34)35/h1-30H;1-24H/i1D,2D,3D,4D,13D,14D,15D,16D;3D,4D,5D,6D,13D,14D,15D,16D. The normalized spacial score (nSPS) is 14.3. The lowest BCUT2D eigenvalue weighted by Crippen LogP contribution is -1.91. The first-order chi connectivity index (χ1) is 54.3. The molecule has 4 heteroatoms. The summed E-state index contributed by atoms with van der Waals surface area (Å²) < 4.78 is 158. The van der Waals surface area contributed by atoms with Gasteiger partial charge in [0.15, 0.2) is 0 Å². The van der Waals surface area contributed by atoms with E-state index in [9.17, 15) is 11.0 Å². The molecule has 0 atom stereocenters. The summed E-state index contributed by atoms with van der Waals surface area (Å²) in [5.74, 6) is 0. The van der Waals surface area contributed by atoms with Crippen LogP contribution < -0.4 is 0 Å². The fourth-order valence-electron chi connectivity index (χ4n) is 14.5. The van der Waals surface area contributed by atoms with Crippen molar-refractivity contribution < 1.29 is 26.3 Å². The highest BCUT2D eigenvalue weighted by molar-refractivity contribution is 7.27. The van der Waals surface area contributed by atoms with Crippen LogP contribution in [0.4, 0.5) is 0 Å². The van der Waals surface area contributed by atoms with E-state index in [0.717, 1.165) is 73.4 Å². The molecular formula is C92H54OS3. The van der Waals surface area contributed by atoms with Crippen molar-refractivity contribution in [2.75, 3.05) is 0 Å². The van der Waals surface area contributed by atoms with Gasteiger partial charge in [-0.05, 0) is 158 Å². The molecule has 0 spiro atoms. The minimum atomic E-state index is -0.429. The smallest absolute Gasteiger partial charge is 0.136 e. The van der Waals surface area contributed by atoms with Gasteiger partial charge in [0.05, 0.1) is 21.9 Å². The summed E-state index contributed by atoms with van der Waals surface area (Å²) in [5, 5.41) is 12.1. The van der Waals surface area contributed by atoms with Crippen LogP contribution in [0, 0.1) is 0 Å². The fourth-order valence-corrected chi connectivity index (χ4v) is 18.2. The van der Waals surface area contributed by atoms with Crippen LogP contribution in [-0.2, 0) is 0 Å². The third-order valence-electron chi connectivity index (χ3n) is 18.8. The van der Waals surface area contributed by atoms with Gasteiger partial charge in [-0.3, -0.25) is 0 Å². The summed E-state index contributed by atoms with van der Waals surface area (Å²) >= 11 is 5.01. The van der Waals surface area contributed by atoms with Crippen molar-refractivity contribution in [3.63, 3.8) is 0 Å². The molecule has 4 heterocycles. The summed E-state index contributed by atoms with van der Waals surface area (Å²) in [7, 11) is 0. The molecule has 1 nitrogen and oxygen atoms in total. The fraction of sp³-hybridized carbons (Fsp3) is 0. The second-order valence-corrected chi connectivity index (χ2v) is 27.2. The second kappa shape index (κ2) is 22.1. The SMILES string of the molecule is [2H]c1c([2H])c([2H])c2c(-c3ccc(-c4cccc5c4sc4ccccc45)cc3)c3c([2H])c([2H])c([2H])c([2H])c3c(-c3ccc(-c4cccc5c4sc4ccccc45)cc3)c2c1[2H].[2H]c1c([2H])c([2H])c2c(-c3cccc4c3sc3ccccc34)c3c([2H])c([2H])c([2H])c([2H])c3c(-c3ccc4c(c3)oc3cc5ccccc5cc34)c2c1[2H]. The maximum Gasteiger partial charge on any atom is 0.136 e. The van der Waals surface area contributed by atoms with Crippen molar-refractivity contribution in [2.24, 2.45) is 0 Å². The van der Waals surface area contributed by atoms with Crippen LogP contribution in [0.25, 0.3) is 203 Å². The maximum absolute atomic E-state index is 9.38. The predicted molar refractivity (Wildman–Crippen MR) is 419 cm³/mol. The van der Waals surface area contributed by atoms with E-state index in [-0.39, 0.29) is 91.4 Å². The lowest BCUT2D eigenvalue weighted by molar-refractivity contribution is 0.669. The number of rotatable bonds is 6. The Morgan fingerprint density at radius 3 is 0.979 bits per heavy atom. The van der Waals surface area contributed by atoms with Gasteiger partial charge >= 0.3 is 0 Å². The van der Waals surface area contributed by atoms with Crippen molar-refractivity contribution in [1.29, 1.82) is 0 Å². The van der Waals surface area contributed by atoms with Crippen LogP contribution in [0.5, 0.6) is 0 Å². The van der Waals surface area contributed by atoms with Gasteiger partial charge in [0.2, 0.25) is 0 Å². The van der Waals surface area contributed by atoms with E-state index in [4.69, 9.17) is 15.4 Å². The van der Waals surface area contributed by atoms with Gasteiger partial charge in [0.1, 0.15) is 11.2 Å². The van der Waals surface area contributed by atoms with E-state index in [1.165, 1.54) is 30.9 Å². The zero-order valence-electron chi connectivity index (χ0n) is 66.6. The molecule has 0 radical (unpaired) electrons. The third-order valence-corrected chi connectivity index (χ3v) is 22.5. The highest BCUT2D eigenvalue weighted by atomic mass is 32.1. The zero-order valence-corrected chi connectivity index (χ0v) is 53.0. The van der Waals surface area contributed by atoms with Crippen LogP contribution >= 0.6 is 34.0 Å². The van der Waals surface area contributed by atoms with E-state index in [1.54, 1.807) is 34.0 Å². The first-order valence-corrected chi connectivity index (χ1v) is 33.9. The Kier molecular flexibility index (Phi) is 9.48. The van der Waals surface area contributed by atoms with E-state index >= 15 is 0 Å². The van der Waals surface area contributed by atoms with Gasteiger partial charge in [-0.2, -0.15) is 0 Å². The molecule has 0 aliphatic heterocycles. The number of hydrogen-bond acceptors (Lipinski definition) is 4. The van der Waals surface area contributed by atoms with Crippen molar-refractivity contribution in [3.8, 4) is 66.8 Å². The van der Waals surface area contributed by atoms with Crippen LogP contribution in [0.3, 0.4) is 0 Å². The largest absolute Gasteiger partial charge is 0.456 e. The molecule has 446 valence electrons. The first kappa shape index (κ1) is 41.3. The molecule has 17 aromatic carbocycles. The van der Waals surface area contributed by atoms with Gasteiger partial charge in [-0.25, -0.2) is 0 Å². The molecule has 0 bridgehead atoms. The molecule has 21 rings (SSSR count). The quantitative estimate of drug-likeness (QED) is 0.151. The first-order valence-electron chi connectivity index (χ1n) is 39.5. The summed E-state index contributed by atoms with van der Waals surface area (Å²) in [6.07, 6.45) is 0. The molecule has 0 saturated carbocycles. The van der Waals surface area contributed by atoms with Gasteiger partial charge in [0, 0.05) is 76.9 Å². The highest BCUT2D eigenvalue weighted by Crippen LogP contribution is 2.51. The summed E-state index contributed by atoms with van der Waals surface area (Å²) in [4.78, 5) is 0. The van der Waals surface area contributed by atoms with E-state index < -0.39 is 48.3 Å². The summed E-state index contributed by atoms with van der Waals surface area (Å²) in [6, 6.07) is 70.5. The topological polar surface area (TPSA) is 13.1 Å². The average Bonchev–Trinajstić information content (AvgIpc) is 0.809. The van der Waals surface area contributed by atoms with Gasteiger partial charge in [-0.15, -0.1) is 34.0 Å². The number of thiophene rings is 3. The Morgan fingerprint density at radius 1 is 0.219 bits per heavy atom. The van der Waals surface area contributed by atoms with Crippen LogP contribution in [-0.4, -0.2) is 0 Å². The van der Waals surface area contributed by atoms with Crippen molar-refractivity contribution in [1.82, 2.24) is 0 Å². The summed E-state index contributed by atoms with van der Waals surface area (Å²) in [6.45, 7) is 0. The number of furan rings is 1. The Hall–Kier alpha value is -11.5. The summed E-state index contributed by atoms with van der Waals surface area (Å²) in [5.41, 5.74) is 8.87. The maximum atomic E-state index is 9.38. The van der Waals surface area contributed by atoms with Gasteiger partial charge in [0.25, 0.3) is 0 Å². The van der Waals surface area contributed by atoms with Crippen molar-refractivity contribution in [3.05, 3.63) is 327 Å². The molecule has 0 amide bonds. The minimum absolute atomic E-state index is 0.179. The lowest BCUT2D eigenvalue weighted by Gasteiger charge is -2.18. The molecule has 96 heavy (non-hydrogen) atoms. The van der Waals surface area contributed by atoms with E-state index in [2.05, 4.69) is 54.6 Å². The lowest BCUT2D eigenvalue weighted by atomic mass is 9.85. The van der Waals surface area contributed by atoms with Gasteiger partial charge < -0.3 is 4.42 Å². The number of fused-ring (bicyclic) bond motifs is 17. The van der Waals surface area contributed by atoms with E-state index in [0.29, 0.717) is 55.7 Å². The Bertz CT molecular complexity index is 7370. The molecular weight excluding hydrogens is 1220 g/mol. The second-order valence-electron chi connectivity index (χ2n) is 24.0. The minimum Gasteiger partial charge on any atom is -0.456 e. The Morgan fingerprint density at radius 2 is 0.542 bits per heavy atom. The molecule has 0 N–H and O–H groups in total. The number of hydrogen-bond donors (Lipinski definition) is 0. The van der Waals surface area contributed by atoms with Crippen LogP contribution in [0.2, 0.25) is 0 Å². The molecule has 0 saturated heterocycles. The van der Waals surface area contributed by atoms with Crippen molar-refractivity contribution >= 4 is 170 Å². The monoisotopic (exact) mass is 1290 g/mol. The van der Waals surface area contributed by atoms with Crippen LogP contribution in [0.15, 0.2) is 332 Å². The Balaban J connectivity index is 0.000000147. The molecule has 21 aromatic rings. The molecule has 0 aliphatic rings. The Labute approximate surface area is 587 Å². The molecule has 4 aromatic heterocycles. The molecule has 0 fully saturated rings. The van der Waals surface area contributed by atoms with Crippen LogP contribution in [0.1, 0.15) is 21.9 Å². The van der Waals surface area contributed by atoms with E-state index in [1.807, 2.05) is 176 Å². The zero-order chi connectivity index (χ0) is 76.9. The van der Waals surface area contributed by atoms with Gasteiger partial charge in [-0.1, -0.05) is 285 Å². The number of benzene rings is 17. The average molecular weight is 1290 g/mol. The van der Waals surface area contributed by atoms with Crippen molar-refractivity contribution in [2.45, 2.75) is 0 Å². The predicted octanol–water partition coefficient (Wildman–Crippen LogP) is 28.1. The third kappa shape index (κ3) is 8.66. The highest BCUT2D eigenvalue weighted by Gasteiger charge is 2.23. The molecule has 0 unspecified atom stereocenters. The molecule has 0 aliphatic carbocycles.